The summed E-state index contributed by atoms with van der Waals surface area (Å²) in [7, 11) is 0. The fourth-order valence-electron chi connectivity index (χ4n) is 3.77. The van der Waals surface area contributed by atoms with Crippen molar-refractivity contribution in [3.63, 3.8) is 0 Å². The molecule has 146 valence electrons. The maximum atomic E-state index is 10.8. The number of nitrogens with one attached hydrogen (secondary N) is 1. The summed E-state index contributed by atoms with van der Waals surface area (Å²) in [5, 5.41) is 19.3. The van der Waals surface area contributed by atoms with Gasteiger partial charge in [0, 0.05) is 11.3 Å². The molecule has 0 aliphatic rings. The molecule has 0 atom stereocenters. The molecular formula is C25H25N3O. The van der Waals surface area contributed by atoms with E-state index in [9.17, 15) is 5.11 Å². The van der Waals surface area contributed by atoms with Gasteiger partial charge in [-0.25, -0.2) is 4.68 Å². The third-order valence-corrected chi connectivity index (χ3v) is 5.49. The Morgan fingerprint density at radius 1 is 0.793 bits per heavy atom. The van der Waals surface area contributed by atoms with Crippen molar-refractivity contribution in [2.75, 3.05) is 11.9 Å². The summed E-state index contributed by atoms with van der Waals surface area (Å²) in [5.41, 5.74) is 4.06. The molecule has 0 amide bonds. The highest BCUT2D eigenvalue weighted by Crippen LogP contribution is 2.38. The van der Waals surface area contributed by atoms with Crippen LogP contribution in [0.5, 0.6) is 0 Å². The van der Waals surface area contributed by atoms with Gasteiger partial charge in [-0.15, -0.1) is 0 Å². The minimum atomic E-state index is -0.849. The van der Waals surface area contributed by atoms with Gasteiger partial charge in [-0.2, -0.15) is 5.10 Å². The molecule has 0 radical (unpaired) electrons. The third-order valence-electron chi connectivity index (χ3n) is 5.49. The third kappa shape index (κ3) is 3.32. The molecular weight excluding hydrogens is 358 g/mol. The van der Waals surface area contributed by atoms with Gasteiger partial charge in [0.05, 0.1) is 12.3 Å². The molecule has 0 saturated carbocycles. The minimum Gasteiger partial charge on any atom is -0.393 e. The number of aliphatic hydroxyl groups is 1. The highest BCUT2D eigenvalue weighted by Gasteiger charge is 2.39. The molecule has 2 N–H and O–H groups in total. The number of anilines is 2. The Kier molecular flexibility index (Phi) is 5.19. The van der Waals surface area contributed by atoms with Crippen molar-refractivity contribution in [1.29, 1.82) is 0 Å². The number of aromatic nitrogens is 2. The summed E-state index contributed by atoms with van der Waals surface area (Å²) in [6.07, 6.45) is 0. The number of aryl methyl sites for hydroxylation is 1. The summed E-state index contributed by atoms with van der Waals surface area (Å²) in [6.45, 7) is 3.94. The van der Waals surface area contributed by atoms with E-state index in [0.717, 1.165) is 33.9 Å². The van der Waals surface area contributed by atoms with E-state index in [1.807, 2.05) is 103 Å². The zero-order chi connectivity index (χ0) is 20.3. The molecule has 4 rings (SSSR count). The molecule has 4 nitrogen and oxygen atoms in total. The molecule has 1 heterocycles. The summed E-state index contributed by atoms with van der Waals surface area (Å²) in [6, 6.07) is 30.2. The Balaban J connectivity index is 1.98. The minimum absolute atomic E-state index is 0.120. The van der Waals surface area contributed by atoms with Gasteiger partial charge in [0.2, 0.25) is 0 Å². The van der Waals surface area contributed by atoms with Crippen molar-refractivity contribution >= 4 is 11.5 Å². The summed E-state index contributed by atoms with van der Waals surface area (Å²) < 4.78 is 1.94. The lowest BCUT2D eigenvalue weighted by molar-refractivity contribution is 0.187. The van der Waals surface area contributed by atoms with Crippen molar-refractivity contribution in [2.45, 2.75) is 19.4 Å². The van der Waals surface area contributed by atoms with Crippen molar-refractivity contribution in [2.24, 2.45) is 0 Å². The van der Waals surface area contributed by atoms with E-state index in [2.05, 4.69) is 12.2 Å². The molecule has 0 fully saturated rings. The first kappa shape index (κ1) is 19.0. The van der Waals surface area contributed by atoms with Crippen LogP contribution >= 0.6 is 0 Å². The highest BCUT2D eigenvalue weighted by atomic mass is 16.3. The normalized spacial score (nSPS) is 11.4. The number of hydrogen-bond donors (Lipinski definition) is 2. The van der Waals surface area contributed by atoms with Gasteiger partial charge in [0.1, 0.15) is 11.4 Å². The maximum absolute atomic E-state index is 10.8. The summed E-state index contributed by atoms with van der Waals surface area (Å²) in [4.78, 5) is 0. The van der Waals surface area contributed by atoms with E-state index >= 15 is 0 Å². The van der Waals surface area contributed by atoms with Crippen LogP contribution in [0.15, 0.2) is 91.0 Å². The first-order valence-corrected chi connectivity index (χ1v) is 9.77. The maximum Gasteiger partial charge on any atom is 0.138 e. The van der Waals surface area contributed by atoms with Gasteiger partial charge >= 0.3 is 0 Å². The van der Waals surface area contributed by atoms with E-state index in [0.29, 0.717) is 0 Å². The summed E-state index contributed by atoms with van der Waals surface area (Å²) >= 11 is 0. The number of para-hydroxylation sites is 1. The second kappa shape index (κ2) is 7.94. The standard InChI is InChI=1S/C25H25N3O/c1-19-20(2)27-28(24(19)26-23-16-10-5-11-17-23)25(18-29,21-12-6-3-7-13-21)22-14-8-4-9-15-22/h3-17,26,29H,18H2,1-2H3. The van der Waals surface area contributed by atoms with Crippen LogP contribution in [0.3, 0.4) is 0 Å². The SMILES string of the molecule is Cc1nn(C(CO)(c2ccccc2)c2ccccc2)c(Nc2ccccc2)c1C. The number of aliphatic hydroxyl groups excluding tert-OH is 1. The van der Waals surface area contributed by atoms with Gasteiger partial charge in [-0.05, 0) is 37.1 Å². The van der Waals surface area contributed by atoms with Gasteiger partial charge in [-0.3, -0.25) is 0 Å². The van der Waals surface area contributed by atoms with Crippen LogP contribution in [-0.2, 0) is 5.54 Å². The fraction of sp³-hybridized carbons (Fsp3) is 0.160. The zero-order valence-electron chi connectivity index (χ0n) is 16.7. The van der Waals surface area contributed by atoms with Crippen LogP contribution in [0.1, 0.15) is 22.4 Å². The topological polar surface area (TPSA) is 50.1 Å². The number of rotatable bonds is 6. The van der Waals surface area contributed by atoms with E-state index < -0.39 is 5.54 Å². The lowest BCUT2D eigenvalue weighted by Crippen LogP contribution is -2.41. The Labute approximate surface area is 171 Å². The Morgan fingerprint density at radius 2 is 1.28 bits per heavy atom. The molecule has 0 unspecified atom stereocenters. The van der Waals surface area contributed by atoms with Gasteiger partial charge in [0.25, 0.3) is 0 Å². The number of nitrogens with zero attached hydrogens (tertiary/aromatic N) is 2. The Morgan fingerprint density at radius 3 is 1.76 bits per heavy atom. The predicted molar refractivity (Wildman–Crippen MR) is 118 cm³/mol. The fourth-order valence-corrected chi connectivity index (χ4v) is 3.77. The van der Waals surface area contributed by atoms with Gasteiger partial charge < -0.3 is 10.4 Å². The Bertz CT molecular complexity index is 1030. The van der Waals surface area contributed by atoms with Crippen LogP contribution in [0, 0.1) is 13.8 Å². The van der Waals surface area contributed by atoms with Crippen molar-refractivity contribution in [3.05, 3.63) is 113 Å². The van der Waals surface area contributed by atoms with Crippen LogP contribution in [0.2, 0.25) is 0 Å². The first-order valence-electron chi connectivity index (χ1n) is 9.77. The van der Waals surface area contributed by atoms with E-state index in [4.69, 9.17) is 5.10 Å². The lowest BCUT2D eigenvalue weighted by Gasteiger charge is -2.35. The van der Waals surface area contributed by atoms with E-state index in [1.54, 1.807) is 0 Å². The average molecular weight is 383 g/mol. The second-order valence-electron chi connectivity index (χ2n) is 7.21. The molecule has 3 aromatic carbocycles. The number of benzene rings is 3. The van der Waals surface area contributed by atoms with Crippen LogP contribution < -0.4 is 5.32 Å². The van der Waals surface area contributed by atoms with Gasteiger partial charge in [0.15, 0.2) is 0 Å². The predicted octanol–water partition coefficient (Wildman–Crippen LogP) is 5.03. The van der Waals surface area contributed by atoms with Crippen LogP contribution in [-0.4, -0.2) is 21.5 Å². The van der Waals surface area contributed by atoms with Gasteiger partial charge in [-0.1, -0.05) is 78.9 Å². The zero-order valence-corrected chi connectivity index (χ0v) is 16.7. The molecule has 0 saturated heterocycles. The lowest BCUT2D eigenvalue weighted by atomic mass is 9.83. The monoisotopic (exact) mass is 383 g/mol. The molecule has 0 spiro atoms. The second-order valence-corrected chi connectivity index (χ2v) is 7.21. The Hall–Kier alpha value is -3.37. The first-order chi connectivity index (χ1) is 14.2. The molecule has 4 aromatic rings. The van der Waals surface area contributed by atoms with Crippen LogP contribution in [0.25, 0.3) is 0 Å². The van der Waals surface area contributed by atoms with E-state index in [1.165, 1.54) is 0 Å². The van der Waals surface area contributed by atoms with Crippen molar-refractivity contribution in [3.8, 4) is 0 Å². The smallest absolute Gasteiger partial charge is 0.138 e. The van der Waals surface area contributed by atoms with Crippen LogP contribution in [0.4, 0.5) is 11.5 Å². The van der Waals surface area contributed by atoms with Crippen molar-refractivity contribution < 1.29 is 5.11 Å². The average Bonchev–Trinajstić information content (AvgIpc) is 3.06. The molecule has 29 heavy (non-hydrogen) atoms. The molecule has 4 heteroatoms. The number of hydrogen-bond acceptors (Lipinski definition) is 3. The quantitative estimate of drug-likeness (QED) is 0.491. The highest BCUT2D eigenvalue weighted by molar-refractivity contribution is 5.62. The molecule has 0 aliphatic heterocycles. The summed E-state index contributed by atoms with van der Waals surface area (Å²) in [5.74, 6) is 0.871. The molecule has 0 bridgehead atoms. The molecule has 0 aliphatic carbocycles. The largest absolute Gasteiger partial charge is 0.393 e. The van der Waals surface area contributed by atoms with Crippen molar-refractivity contribution in [1.82, 2.24) is 9.78 Å². The molecule has 1 aromatic heterocycles. The van der Waals surface area contributed by atoms with E-state index in [-0.39, 0.29) is 6.61 Å².